The number of amides is 3. The zero-order valence-electron chi connectivity index (χ0n) is 21.4. The maximum Gasteiger partial charge on any atom is 0.278 e. The van der Waals surface area contributed by atoms with E-state index < -0.39 is 5.91 Å². The van der Waals surface area contributed by atoms with E-state index in [1.807, 2.05) is 25.1 Å². The van der Waals surface area contributed by atoms with Crippen LogP contribution in [0, 0.1) is 6.92 Å². The number of anilines is 2. The highest BCUT2D eigenvalue weighted by Gasteiger charge is 2.38. The van der Waals surface area contributed by atoms with Crippen molar-refractivity contribution in [1.82, 2.24) is 4.90 Å². The lowest BCUT2D eigenvalue weighted by atomic mass is 10.1. The van der Waals surface area contributed by atoms with Gasteiger partial charge >= 0.3 is 0 Å². The van der Waals surface area contributed by atoms with Gasteiger partial charge in [0.25, 0.3) is 17.7 Å². The first kappa shape index (κ1) is 27.0. The summed E-state index contributed by atoms with van der Waals surface area (Å²) in [6, 6.07) is 21.6. The SMILES string of the molecule is COCCCN1C(=O)C(Nc2ccc(OC)cc2)=C(Sc2cccc(NC(=O)c3ccc(C)cc3)c2)C1=O. The molecule has 0 atom stereocenters. The number of hydrogen-bond donors (Lipinski definition) is 2. The Labute approximate surface area is 226 Å². The predicted octanol–water partition coefficient (Wildman–Crippen LogP) is 5.08. The van der Waals surface area contributed by atoms with E-state index in [0.717, 1.165) is 5.56 Å². The third-order valence-electron chi connectivity index (χ3n) is 5.84. The van der Waals surface area contributed by atoms with E-state index in [-0.39, 0.29) is 29.0 Å². The van der Waals surface area contributed by atoms with Crippen LogP contribution in [0.2, 0.25) is 0 Å². The molecule has 3 amide bonds. The number of hydrogen-bond acceptors (Lipinski definition) is 7. The molecule has 0 radical (unpaired) electrons. The molecular formula is C29H29N3O5S. The minimum absolute atomic E-state index is 0.205. The van der Waals surface area contributed by atoms with Gasteiger partial charge in [0.1, 0.15) is 16.4 Å². The van der Waals surface area contributed by atoms with Crippen LogP contribution in [0.25, 0.3) is 0 Å². The van der Waals surface area contributed by atoms with Gasteiger partial charge in [-0.2, -0.15) is 0 Å². The number of aryl methyl sites for hydroxylation is 1. The summed E-state index contributed by atoms with van der Waals surface area (Å²) >= 11 is 1.18. The van der Waals surface area contributed by atoms with Gasteiger partial charge in [0.05, 0.1) is 7.11 Å². The molecule has 0 spiro atoms. The summed E-state index contributed by atoms with van der Waals surface area (Å²) in [6.07, 6.45) is 0.530. The second-order valence-electron chi connectivity index (χ2n) is 8.62. The Morgan fingerprint density at radius 3 is 2.34 bits per heavy atom. The van der Waals surface area contributed by atoms with Gasteiger partial charge in [-0.05, 0) is 67.9 Å². The highest BCUT2D eigenvalue weighted by atomic mass is 32.2. The van der Waals surface area contributed by atoms with Crippen LogP contribution in [0.15, 0.2) is 88.3 Å². The molecule has 0 aliphatic carbocycles. The number of carbonyl (C=O) groups is 3. The van der Waals surface area contributed by atoms with Crippen molar-refractivity contribution in [3.63, 3.8) is 0 Å². The zero-order chi connectivity index (χ0) is 27.1. The number of imide groups is 1. The molecule has 1 heterocycles. The van der Waals surface area contributed by atoms with Crippen LogP contribution >= 0.6 is 11.8 Å². The van der Waals surface area contributed by atoms with E-state index >= 15 is 0 Å². The lowest BCUT2D eigenvalue weighted by molar-refractivity contribution is -0.137. The van der Waals surface area contributed by atoms with Crippen molar-refractivity contribution in [1.29, 1.82) is 0 Å². The lowest BCUT2D eigenvalue weighted by Gasteiger charge is -2.14. The standard InChI is InChI=1S/C29H29N3O5S/c1-19-8-10-20(11-9-19)27(33)31-22-6-4-7-24(18-22)38-26-25(30-21-12-14-23(37-3)15-13-21)28(34)32(29(26)35)16-5-17-36-2/h4,6-15,18,30H,5,16-17H2,1-3H3,(H,31,33). The van der Waals surface area contributed by atoms with E-state index in [1.54, 1.807) is 68.8 Å². The smallest absolute Gasteiger partial charge is 0.278 e. The van der Waals surface area contributed by atoms with Gasteiger partial charge in [0, 0.05) is 42.1 Å². The Bertz CT molecular complexity index is 1350. The van der Waals surface area contributed by atoms with Crippen LogP contribution in [-0.4, -0.2) is 50.0 Å². The van der Waals surface area contributed by atoms with Crippen LogP contribution in [0.4, 0.5) is 11.4 Å². The summed E-state index contributed by atoms with van der Waals surface area (Å²) < 4.78 is 10.3. The summed E-state index contributed by atoms with van der Waals surface area (Å²) in [7, 11) is 3.16. The van der Waals surface area contributed by atoms with Crippen LogP contribution in [0.5, 0.6) is 5.75 Å². The Morgan fingerprint density at radius 1 is 0.921 bits per heavy atom. The largest absolute Gasteiger partial charge is 0.497 e. The highest BCUT2D eigenvalue weighted by Crippen LogP contribution is 2.37. The summed E-state index contributed by atoms with van der Waals surface area (Å²) in [5.74, 6) is -0.322. The molecule has 196 valence electrons. The molecule has 38 heavy (non-hydrogen) atoms. The van der Waals surface area contributed by atoms with E-state index in [1.165, 1.54) is 16.7 Å². The molecule has 3 aromatic rings. The Balaban J connectivity index is 1.57. The van der Waals surface area contributed by atoms with Crippen molar-refractivity contribution in [3.8, 4) is 5.75 Å². The second kappa shape index (κ2) is 12.4. The normalized spacial score (nSPS) is 13.2. The van der Waals surface area contributed by atoms with Gasteiger partial charge < -0.3 is 20.1 Å². The zero-order valence-corrected chi connectivity index (χ0v) is 22.3. The number of rotatable bonds is 11. The summed E-state index contributed by atoms with van der Waals surface area (Å²) in [4.78, 5) is 41.5. The maximum atomic E-state index is 13.3. The first-order chi connectivity index (χ1) is 18.4. The maximum absolute atomic E-state index is 13.3. The molecule has 0 unspecified atom stereocenters. The molecule has 1 aliphatic rings. The van der Waals surface area contributed by atoms with Gasteiger partial charge in [0.15, 0.2) is 0 Å². The van der Waals surface area contributed by atoms with Crippen molar-refractivity contribution in [2.24, 2.45) is 0 Å². The number of thioether (sulfide) groups is 1. The van der Waals surface area contributed by atoms with Crippen molar-refractivity contribution in [2.45, 2.75) is 18.2 Å². The van der Waals surface area contributed by atoms with E-state index in [2.05, 4.69) is 10.6 Å². The minimum Gasteiger partial charge on any atom is -0.497 e. The van der Waals surface area contributed by atoms with Gasteiger partial charge in [0.2, 0.25) is 0 Å². The Morgan fingerprint density at radius 2 is 1.66 bits per heavy atom. The second-order valence-corrected chi connectivity index (χ2v) is 9.70. The van der Waals surface area contributed by atoms with Gasteiger partial charge in [-0.25, -0.2) is 0 Å². The van der Waals surface area contributed by atoms with Crippen LogP contribution < -0.4 is 15.4 Å². The molecule has 0 saturated heterocycles. The summed E-state index contributed by atoms with van der Waals surface area (Å²) in [5.41, 5.74) is 3.05. The predicted molar refractivity (Wildman–Crippen MR) is 148 cm³/mol. The first-order valence-electron chi connectivity index (χ1n) is 12.1. The number of nitrogens with one attached hydrogen (secondary N) is 2. The van der Waals surface area contributed by atoms with Crippen molar-refractivity contribution in [2.75, 3.05) is 38.0 Å². The van der Waals surface area contributed by atoms with E-state index in [0.29, 0.717) is 40.6 Å². The van der Waals surface area contributed by atoms with Crippen molar-refractivity contribution < 1.29 is 23.9 Å². The number of nitrogens with zero attached hydrogens (tertiary/aromatic N) is 1. The van der Waals surface area contributed by atoms with Gasteiger partial charge in [-0.3, -0.25) is 19.3 Å². The first-order valence-corrected chi connectivity index (χ1v) is 12.9. The van der Waals surface area contributed by atoms with E-state index in [9.17, 15) is 14.4 Å². The highest BCUT2D eigenvalue weighted by molar-refractivity contribution is 8.04. The third kappa shape index (κ3) is 6.42. The molecule has 4 rings (SSSR count). The van der Waals surface area contributed by atoms with Crippen LogP contribution in [0.3, 0.4) is 0 Å². The third-order valence-corrected chi connectivity index (χ3v) is 6.91. The fourth-order valence-corrected chi connectivity index (χ4v) is 4.82. The quantitative estimate of drug-likeness (QED) is 0.263. The van der Waals surface area contributed by atoms with Crippen molar-refractivity contribution in [3.05, 3.63) is 94.5 Å². The summed E-state index contributed by atoms with van der Waals surface area (Å²) in [6.45, 7) is 2.64. The van der Waals surface area contributed by atoms with Gasteiger partial charge in [-0.1, -0.05) is 35.5 Å². The number of methoxy groups -OCH3 is 2. The van der Waals surface area contributed by atoms with Crippen LogP contribution in [-0.2, 0) is 14.3 Å². The lowest BCUT2D eigenvalue weighted by Crippen LogP contribution is -2.33. The molecular weight excluding hydrogens is 502 g/mol. The molecule has 1 aliphatic heterocycles. The molecule has 3 aromatic carbocycles. The Hall–Kier alpha value is -4.08. The molecule has 8 nitrogen and oxygen atoms in total. The molecule has 0 saturated carbocycles. The topological polar surface area (TPSA) is 97.0 Å². The number of ether oxygens (including phenoxy) is 2. The Kier molecular flexibility index (Phi) is 8.83. The molecule has 0 fully saturated rings. The fraction of sp³-hybridized carbons (Fsp3) is 0.207. The average Bonchev–Trinajstić information content (AvgIpc) is 3.13. The summed E-state index contributed by atoms with van der Waals surface area (Å²) in [5, 5.41) is 6.02. The van der Waals surface area contributed by atoms with E-state index in [4.69, 9.17) is 9.47 Å². The number of carbonyl (C=O) groups excluding carboxylic acids is 3. The fourth-order valence-electron chi connectivity index (χ4n) is 3.81. The molecule has 0 bridgehead atoms. The molecule has 2 N–H and O–H groups in total. The molecule has 0 aromatic heterocycles. The number of benzene rings is 3. The minimum atomic E-state index is -0.395. The monoisotopic (exact) mass is 531 g/mol. The molecule has 9 heteroatoms. The van der Waals surface area contributed by atoms with Crippen LogP contribution in [0.1, 0.15) is 22.3 Å². The van der Waals surface area contributed by atoms with Gasteiger partial charge in [-0.15, -0.1) is 0 Å². The van der Waals surface area contributed by atoms with Crippen molar-refractivity contribution >= 4 is 40.9 Å². The average molecular weight is 532 g/mol.